The van der Waals surface area contributed by atoms with Gasteiger partial charge in [-0.05, 0) is 50.1 Å². The second-order valence-corrected chi connectivity index (χ2v) is 6.94. The number of benzene rings is 2. The zero-order valence-corrected chi connectivity index (χ0v) is 15.6. The highest BCUT2D eigenvalue weighted by atomic mass is 16.5. The van der Waals surface area contributed by atoms with Gasteiger partial charge in [0.2, 0.25) is 0 Å². The van der Waals surface area contributed by atoms with Crippen molar-refractivity contribution in [2.75, 3.05) is 7.11 Å². The van der Waals surface area contributed by atoms with E-state index in [1.807, 2.05) is 49.4 Å². The molecular formula is C22H27NO3. The third kappa shape index (κ3) is 4.78. The maximum absolute atomic E-state index is 12.6. The average Bonchev–Trinajstić information content (AvgIpc) is 2.68. The summed E-state index contributed by atoms with van der Waals surface area (Å²) in [5.74, 6) is 1.51. The van der Waals surface area contributed by atoms with E-state index in [1.54, 1.807) is 7.11 Å². The Labute approximate surface area is 155 Å². The van der Waals surface area contributed by atoms with Crippen LogP contribution in [0.3, 0.4) is 0 Å². The lowest BCUT2D eigenvalue weighted by molar-refractivity contribution is 0.0927. The predicted molar refractivity (Wildman–Crippen MR) is 103 cm³/mol. The first-order valence-electron chi connectivity index (χ1n) is 9.33. The standard InChI is InChI=1S/C22H27NO3/c1-16-8-11-20(12-9-16)26-15-18-14-17(10-13-21(18)25-2)22(24)23-19-6-4-3-5-7-19/h8-14,19H,3-7,15H2,1-2H3,(H,23,24). The molecule has 0 aromatic heterocycles. The zero-order chi connectivity index (χ0) is 18.4. The van der Waals surface area contributed by atoms with Crippen molar-refractivity contribution in [2.24, 2.45) is 0 Å². The minimum Gasteiger partial charge on any atom is -0.496 e. The molecule has 0 saturated heterocycles. The summed E-state index contributed by atoms with van der Waals surface area (Å²) < 4.78 is 11.3. The van der Waals surface area contributed by atoms with Gasteiger partial charge in [0.15, 0.2) is 0 Å². The van der Waals surface area contributed by atoms with Gasteiger partial charge in [0.25, 0.3) is 5.91 Å². The summed E-state index contributed by atoms with van der Waals surface area (Å²) in [5.41, 5.74) is 2.71. The molecule has 1 amide bonds. The van der Waals surface area contributed by atoms with E-state index in [1.165, 1.54) is 24.8 Å². The number of rotatable bonds is 6. The van der Waals surface area contributed by atoms with Gasteiger partial charge in [0.1, 0.15) is 18.1 Å². The molecule has 4 heteroatoms. The number of hydrogen-bond donors (Lipinski definition) is 1. The minimum absolute atomic E-state index is 0.0175. The maximum Gasteiger partial charge on any atom is 0.251 e. The Morgan fingerprint density at radius 3 is 2.50 bits per heavy atom. The Morgan fingerprint density at radius 2 is 1.81 bits per heavy atom. The van der Waals surface area contributed by atoms with Gasteiger partial charge in [0.05, 0.1) is 7.11 Å². The molecule has 4 nitrogen and oxygen atoms in total. The predicted octanol–water partition coefficient (Wildman–Crippen LogP) is 4.65. The normalized spacial score (nSPS) is 14.7. The fraction of sp³-hybridized carbons (Fsp3) is 0.409. The van der Waals surface area contributed by atoms with E-state index in [9.17, 15) is 4.79 Å². The van der Waals surface area contributed by atoms with E-state index in [-0.39, 0.29) is 5.91 Å². The van der Waals surface area contributed by atoms with E-state index >= 15 is 0 Å². The van der Waals surface area contributed by atoms with Crippen molar-refractivity contribution in [1.82, 2.24) is 5.32 Å². The van der Waals surface area contributed by atoms with Crippen molar-refractivity contribution < 1.29 is 14.3 Å². The third-order valence-corrected chi connectivity index (χ3v) is 4.90. The van der Waals surface area contributed by atoms with Gasteiger partial charge < -0.3 is 14.8 Å². The van der Waals surface area contributed by atoms with Crippen LogP contribution in [0.25, 0.3) is 0 Å². The molecule has 1 saturated carbocycles. The zero-order valence-electron chi connectivity index (χ0n) is 15.6. The van der Waals surface area contributed by atoms with Crippen molar-refractivity contribution >= 4 is 5.91 Å². The highest BCUT2D eigenvalue weighted by Gasteiger charge is 2.17. The van der Waals surface area contributed by atoms with Crippen molar-refractivity contribution in [3.8, 4) is 11.5 Å². The van der Waals surface area contributed by atoms with Crippen molar-refractivity contribution in [2.45, 2.75) is 51.7 Å². The molecule has 0 aliphatic heterocycles. The molecule has 1 aliphatic rings. The molecular weight excluding hydrogens is 326 g/mol. The highest BCUT2D eigenvalue weighted by Crippen LogP contribution is 2.23. The first kappa shape index (κ1) is 18.3. The monoisotopic (exact) mass is 353 g/mol. The van der Waals surface area contributed by atoms with Crippen LogP contribution in [-0.4, -0.2) is 19.1 Å². The highest BCUT2D eigenvalue weighted by molar-refractivity contribution is 5.94. The number of carbonyl (C=O) groups is 1. The lowest BCUT2D eigenvalue weighted by Gasteiger charge is -2.23. The molecule has 2 aromatic carbocycles. The van der Waals surface area contributed by atoms with Crippen LogP contribution in [0.4, 0.5) is 0 Å². The molecule has 138 valence electrons. The lowest BCUT2D eigenvalue weighted by atomic mass is 9.95. The second kappa shape index (κ2) is 8.75. The number of amides is 1. The Bertz CT molecular complexity index is 734. The minimum atomic E-state index is -0.0175. The molecule has 1 N–H and O–H groups in total. The van der Waals surface area contributed by atoms with Crippen LogP contribution in [-0.2, 0) is 6.61 Å². The van der Waals surface area contributed by atoms with Crippen molar-refractivity contribution in [3.63, 3.8) is 0 Å². The molecule has 26 heavy (non-hydrogen) atoms. The first-order valence-corrected chi connectivity index (χ1v) is 9.33. The molecule has 1 fully saturated rings. The summed E-state index contributed by atoms with van der Waals surface area (Å²) in [6.07, 6.45) is 5.82. The number of hydrogen-bond acceptors (Lipinski definition) is 3. The van der Waals surface area contributed by atoms with Crippen LogP contribution >= 0.6 is 0 Å². The molecule has 2 aromatic rings. The van der Waals surface area contributed by atoms with E-state index in [0.717, 1.165) is 29.9 Å². The Morgan fingerprint density at radius 1 is 1.08 bits per heavy atom. The van der Waals surface area contributed by atoms with Gasteiger partial charge in [-0.15, -0.1) is 0 Å². The Kier molecular flexibility index (Phi) is 6.16. The summed E-state index contributed by atoms with van der Waals surface area (Å²) in [6.45, 7) is 2.40. The molecule has 0 unspecified atom stereocenters. The number of aryl methyl sites for hydroxylation is 1. The fourth-order valence-corrected chi connectivity index (χ4v) is 3.34. The quantitative estimate of drug-likeness (QED) is 0.822. The van der Waals surface area contributed by atoms with Crippen molar-refractivity contribution in [1.29, 1.82) is 0 Å². The third-order valence-electron chi connectivity index (χ3n) is 4.90. The van der Waals surface area contributed by atoms with Gasteiger partial charge >= 0.3 is 0 Å². The van der Waals surface area contributed by atoms with Crippen LogP contribution in [0.15, 0.2) is 42.5 Å². The summed E-state index contributed by atoms with van der Waals surface area (Å²) in [7, 11) is 1.63. The molecule has 3 rings (SSSR count). The van der Waals surface area contributed by atoms with E-state index < -0.39 is 0 Å². The number of methoxy groups -OCH3 is 1. The molecule has 1 aliphatic carbocycles. The fourth-order valence-electron chi connectivity index (χ4n) is 3.34. The van der Waals surface area contributed by atoms with Crippen LogP contribution in [0.2, 0.25) is 0 Å². The summed E-state index contributed by atoms with van der Waals surface area (Å²) in [4.78, 5) is 12.6. The Hall–Kier alpha value is -2.49. The lowest BCUT2D eigenvalue weighted by Crippen LogP contribution is -2.36. The SMILES string of the molecule is COc1ccc(C(=O)NC2CCCCC2)cc1COc1ccc(C)cc1. The van der Waals surface area contributed by atoms with Crippen molar-refractivity contribution in [3.05, 3.63) is 59.2 Å². The van der Waals surface area contributed by atoms with Gasteiger partial charge in [-0.2, -0.15) is 0 Å². The van der Waals surface area contributed by atoms with Crippen LogP contribution in [0.1, 0.15) is 53.6 Å². The first-order chi connectivity index (χ1) is 12.7. The van der Waals surface area contributed by atoms with Gasteiger partial charge in [-0.25, -0.2) is 0 Å². The van der Waals surface area contributed by atoms with Gasteiger partial charge in [-0.1, -0.05) is 37.0 Å². The number of nitrogens with one attached hydrogen (secondary N) is 1. The second-order valence-electron chi connectivity index (χ2n) is 6.94. The average molecular weight is 353 g/mol. The molecule has 0 heterocycles. The summed E-state index contributed by atoms with van der Waals surface area (Å²) in [6, 6.07) is 13.7. The van der Waals surface area contributed by atoms with Gasteiger partial charge in [-0.3, -0.25) is 4.79 Å². The molecule has 0 atom stereocenters. The van der Waals surface area contributed by atoms with E-state index in [2.05, 4.69) is 5.32 Å². The van der Waals surface area contributed by atoms with E-state index in [0.29, 0.717) is 18.2 Å². The maximum atomic E-state index is 12.6. The number of ether oxygens (including phenoxy) is 2. The van der Waals surface area contributed by atoms with Gasteiger partial charge in [0, 0.05) is 17.2 Å². The Balaban J connectivity index is 1.68. The van der Waals surface area contributed by atoms with Crippen LogP contribution in [0.5, 0.6) is 11.5 Å². The molecule has 0 spiro atoms. The smallest absolute Gasteiger partial charge is 0.251 e. The van der Waals surface area contributed by atoms with Crippen LogP contribution < -0.4 is 14.8 Å². The molecule has 0 radical (unpaired) electrons. The number of carbonyl (C=O) groups excluding carboxylic acids is 1. The largest absolute Gasteiger partial charge is 0.496 e. The summed E-state index contributed by atoms with van der Waals surface area (Å²) in [5, 5.41) is 3.16. The van der Waals surface area contributed by atoms with Crippen LogP contribution in [0, 0.1) is 6.92 Å². The van der Waals surface area contributed by atoms with E-state index in [4.69, 9.17) is 9.47 Å². The molecule has 0 bridgehead atoms. The topological polar surface area (TPSA) is 47.6 Å². The summed E-state index contributed by atoms with van der Waals surface area (Å²) >= 11 is 0.